The quantitative estimate of drug-likeness (QED) is 0.802. The molecule has 1 aliphatic heterocycles. The maximum atomic E-state index is 13.1. The summed E-state index contributed by atoms with van der Waals surface area (Å²) in [5.74, 6) is 0.405. The van der Waals surface area contributed by atoms with Crippen LogP contribution in [0.3, 0.4) is 0 Å². The molecule has 1 aliphatic rings. The van der Waals surface area contributed by atoms with Crippen molar-refractivity contribution in [2.75, 3.05) is 33.3 Å². The van der Waals surface area contributed by atoms with Gasteiger partial charge in [-0.25, -0.2) is 8.42 Å². The molecule has 6 nitrogen and oxygen atoms in total. The van der Waals surface area contributed by atoms with E-state index in [4.69, 9.17) is 4.74 Å². The molecule has 0 N–H and O–H groups in total. The van der Waals surface area contributed by atoms with Gasteiger partial charge in [-0.1, -0.05) is 6.07 Å². The SMILES string of the molecule is COc1cc(C)ccc1S(=O)(=O)N1CCCN(Cc2ccncc2)CC1. The van der Waals surface area contributed by atoms with Crippen LogP contribution in [0.1, 0.15) is 17.5 Å². The zero-order valence-corrected chi connectivity index (χ0v) is 16.1. The lowest BCUT2D eigenvalue weighted by Crippen LogP contribution is -2.35. The van der Waals surface area contributed by atoms with Crippen molar-refractivity contribution in [1.82, 2.24) is 14.2 Å². The minimum Gasteiger partial charge on any atom is -0.495 e. The molecular formula is C19H25N3O3S. The number of ether oxygens (including phenoxy) is 1. The highest BCUT2D eigenvalue weighted by Gasteiger charge is 2.29. The van der Waals surface area contributed by atoms with E-state index in [1.54, 1.807) is 28.8 Å². The molecule has 0 atom stereocenters. The number of hydrogen-bond acceptors (Lipinski definition) is 5. The van der Waals surface area contributed by atoms with Crippen molar-refractivity contribution in [1.29, 1.82) is 0 Å². The third-order valence-corrected chi connectivity index (χ3v) is 6.58. The van der Waals surface area contributed by atoms with Gasteiger partial charge in [0.15, 0.2) is 0 Å². The van der Waals surface area contributed by atoms with Crippen LogP contribution in [0.15, 0.2) is 47.6 Å². The first-order chi connectivity index (χ1) is 12.5. The predicted molar refractivity (Wildman–Crippen MR) is 101 cm³/mol. The summed E-state index contributed by atoms with van der Waals surface area (Å²) < 4.78 is 33.1. The van der Waals surface area contributed by atoms with Gasteiger partial charge < -0.3 is 4.74 Å². The highest BCUT2D eigenvalue weighted by atomic mass is 32.2. The molecule has 0 saturated carbocycles. The molecule has 2 aromatic rings. The Morgan fingerprint density at radius 3 is 2.58 bits per heavy atom. The molecule has 0 spiro atoms. The molecule has 0 radical (unpaired) electrons. The Morgan fingerprint density at radius 2 is 1.85 bits per heavy atom. The molecule has 0 unspecified atom stereocenters. The van der Waals surface area contributed by atoms with Crippen LogP contribution < -0.4 is 4.74 Å². The molecule has 2 heterocycles. The average molecular weight is 375 g/mol. The minimum atomic E-state index is -3.57. The number of benzene rings is 1. The third-order valence-electron chi connectivity index (χ3n) is 4.64. The second-order valence-corrected chi connectivity index (χ2v) is 8.45. The van der Waals surface area contributed by atoms with Crippen LogP contribution in [0.4, 0.5) is 0 Å². The van der Waals surface area contributed by atoms with Gasteiger partial charge >= 0.3 is 0 Å². The molecule has 1 saturated heterocycles. The van der Waals surface area contributed by atoms with E-state index in [-0.39, 0.29) is 4.90 Å². The summed E-state index contributed by atoms with van der Waals surface area (Å²) in [7, 11) is -2.06. The van der Waals surface area contributed by atoms with Crippen molar-refractivity contribution in [2.45, 2.75) is 24.8 Å². The zero-order chi connectivity index (χ0) is 18.6. The summed E-state index contributed by atoms with van der Waals surface area (Å²) in [6.07, 6.45) is 4.37. The molecule has 1 aromatic heterocycles. The number of sulfonamides is 1. The lowest BCUT2D eigenvalue weighted by Gasteiger charge is -2.22. The fourth-order valence-corrected chi connectivity index (χ4v) is 4.83. The number of rotatable bonds is 5. The lowest BCUT2D eigenvalue weighted by molar-refractivity contribution is 0.278. The van der Waals surface area contributed by atoms with Gasteiger partial charge in [0.2, 0.25) is 10.0 Å². The van der Waals surface area contributed by atoms with Gasteiger partial charge in [0.1, 0.15) is 10.6 Å². The first-order valence-electron chi connectivity index (χ1n) is 8.77. The predicted octanol–water partition coefficient (Wildman–Crippen LogP) is 2.30. The van der Waals surface area contributed by atoms with Crippen LogP contribution in [0, 0.1) is 6.92 Å². The highest BCUT2D eigenvalue weighted by molar-refractivity contribution is 7.89. The summed E-state index contributed by atoms with van der Waals surface area (Å²) in [4.78, 5) is 6.57. The van der Waals surface area contributed by atoms with Crippen LogP contribution in [0.5, 0.6) is 5.75 Å². The van der Waals surface area contributed by atoms with Gasteiger partial charge in [0, 0.05) is 38.6 Å². The van der Waals surface area contributed by atoms with Crippen molar-refractivity contribution in [3.05, 3.63) is 53.9 Å². The van der Waals surface area contributed by atoms with E-state index in [0.717, 1.165) is 25.1 Å². The summed E-state index contributed by atoms with van der Waals surface area (Å²) in [5, 5.41) is 0. The fourth-order valence-electron chi connectivity index (χ4n) is 3.22. The summed E-state index contributed by atoms with van der Waals surface area (Å²) in [5.41, 5.74) is 2.16. The van der Waals surface area contributed by atoms with Gasteiger partial charge in [-0.15, -0.1) is 0 Å². The van der Waals surface area contributed by atoms with E-state index in [9.17, 15) is 8.42 Å². The first kappa shape index (κ1) is 18.8. The molecule has 1 fully saturated rings. The molecule has 1 aromatic carbocycles. The highest BCUT2D eigenvalue weighted by Crippen LogP contribution is 2.28. The van der Waals surface area contributed by atoms with E-state index >= 15 is 0 Å². The average Bonchev–Trinajstić information content (AvgIpc) is 2.88. The van der Waals surface area contributed by atoms with Crippen LogP contribution in [-0.4, -0.2) is 55.9 Å². The number of hydrogen-bond donors (Lipinski definition) is 0. The lowest BCUT2D eigenvalue weighted by atomic mass is 10.2. The number of nitrogens with zero attached hydrogens (tertiary/aromatic N) is 3. The molecule has 0 bridgehead atoms. The number of methoxy groups -OCH3 is 1. The van der Waals surface area contributed by atoms with Crippen molar-refractivity contribution in [3.8, 4) is 5.75 Å². The van der Waals surface area contributed by atoms with Gasteiger partial charge in [-0.3, -0.25) is 9.88 Å². The van der Waals surface area contributed by atoms with Crippen molar-refractivity contribution >= 4 is 10.0 Å². The van der Waals surface area contributed by atoms with Crippen LogP contribution in [0.2, 0.25) is 0 Å². The molecule has 3 rings (SSSR count). The molecule has 7 heteroatoms. The standard InChI is InChI=1S/C19H25N3O3S/c1-16-4-5-19(18(14-16)25-2)26(23,24)22-11-3-10-21(12-13-22)15-17-6-8-20-9-7-17/h4-9,14H,3,10-13,15H2,1-2H3. The Bertz CT molecular complexity index is 840. The van der Waals surface area contributed by atoms with E-state index in [1.165, 1.54) is 12.7 Å². The largest absolute Gasteiger partial charge is 0.495 e. The van der Waals surface area contributed by atoms with Gasteiger partial charge in [-0.05, 0) is 55.3 Å². The number of pyridine rings is 1. The van der Waals surface area contributed by atoms with Gasteiger partial charge in [-0.2, -0.15) is 4.31 Å². The van der Waals surface area contributed by atoms with Crippen molar-refractivity contribution < 1.29 is 13.2 Å². The maximum absolute atomic E-state index is 13.1. The van der Waals surface area contributed by atoms with E-state index < -0.39 is 10.0 Å². The zero-order valence-electron chi connectivity index (χ0n) is 15.3. The monoisotopic (exact) mass is 375 g/mol. The van der Waals surface area contributed by atoms with Gasteiger partial charge in [0.25, 0.3) is 0 Å². The molecule has 140 valence electrons. The van der Waals surface area contributed by atoms with Crippen LogP contribution in [-0.2, 0) is 16.6 Å². The summed E-state index contributed by atoms with van der Waals surface area (Å²) in [6.45, 7) is 5.30. The topological polar surface area (TPSA) is 62.7 Å². The summed E-state index contributed by atoms with van der Waals surface area (Å²) >= 11 is 0. The number of aryl methyl sites for hydroxylation is 1. The molecule has 0 aliphatic carbocycles. The smallest absolute Gasteiger partial charge is 0.246 e. The van der Waals surface area contributed by atoms with Crippen molar-refractivity contribution in [3.63, 3.8) is 0 Å². The Morgan fingerprint density at radius 1 is 1.08 bits per heavy atom. The second-order valence-electron chi connectivity index (χ2n) is 6.54. The Labute approximate surface area is 155 Å². The molecule has 0 amide bonds. The van der Waals surface area contributed by atoms with E-state index in [1.807, 2.05) is 25.1 Å². The number of aromatic nitrogens is 1. The van der Waals surface area contributed by atoms with Crippen LogP contribution >= 0.6 is 0 Å². The third kappa shape index (κ3) is 4.23. The molecule has 26 heavy (non-hydrogen) atoms. The Hall–Kier alpha value is -1.96. The van der Waals surface area contributed by atoms with Gasteiger partial charge in [0.05, 0.1) is 7.11 Å². The Kier molecular flexibility index (Phi) is 5.90. The fraction of sp³-hybridized carbons (Fsp3) is 0.421. The van der Waals surface area contributed by atoms with Crippen LogP contribution in [0.25, 0.3) is 0 Å². The second kappa shape index (κ2) is 8.16. The molecular weight excluding hydrogens is 350 g/mol. The minimum absolute atomic E-state index is 0.244. The van der Waals surface area contributed by atoms with E-state index in [0.29, 0.717) is 25.4 Å². The Balaban J connectivity index is 1.74. The normalized spacial score (nSPS) is 17.0. The van der Waals surface area contributed by atoms with E-state index in [2.05, 4.69) is 9.88 Å². The summed E-state index contributed by atoms with van der Waals surface area (Å²) in [6, 6.07) is 9.21. The van der Waals surface area contributed by atoms with Crippen molar-refractivity contribution in [2.24, 2.45) is 0 Å². The first-order valence-corrected chi connectivity index (χ1v) is 10.2. The maximum Gasteiger partial charge on any atom is 0.246 e.